The summed E-state index contributed by atoms with van der Waals surface area (Å²) in [5, 5.41) is 0. The summed E-state index contributed by atoms with van der Waals surface area (Å²) in [4.78, 5) is 27.8. The molecule has 2 rings (SSSR count). The van der Waals surface area contributed by atoms with Crippen LogP contribution in [-0.4, -0.2) is 54.3 Å². The summed E-state index contributed by atoms with van der Waals surface area (Å²) < 4.78 is 0. The largest absolute Gasteiger partial charge is 0.339 e. The lowest BCUT2D eigenvalue weighted by molar-refractivity contribution is -0.140. The third kappa shape index (κ3) is 5.47. The second-order valence-corrected chi connectivity index (χ2v) is 6.01. The van der Waals surface area contributed by atoms with Gasteiger partial charge < -0.3 is 15.5 Å². The van der Waals surface area contributed by atoms with Gasteiger partial charge in [-0.15, -0.1) is 12.4 Å². The van der Waals surface area contributed by atoms with Crippen LogP contribution in [0.1, 0.15) is 44.9 Å². The molecule has 6 heteroatoms. The van der Waals surface area contributed by atoms with Gasteiger partial charge in [0.15, 0.2) is 0 Å². The van der Waals surface area contributed by atoms with Gasteiger partial charge in [0, 0.05) is 45.6 Å². The Morgan fingerprint density at radius 2 is 1.43 bits per heavy atom. The molecule has 0 unspecified atom stereocenters. The zero-order valence-electron chi connectivity index (χ0n) is 12.8. The van der Waals surface area contributed by atoms with Crippen molar-refractivity contribution in [3.05, 3.63) is 0 Å². The first-order valence-electron chi connectivity index (χ1n) is 7.96. The van der Waals surface area contributed by atoms with Crippen LogP contribution in [0, 0.1) is 5.92 Å². The van der Waals surface area contributed by atoms with Crippen LogP contribution in [0.3, 0.4) is 0 Å². The number of nitrogens with zero attached hydrogens (tertiary/aromatic N) is 2. The number of carbonyl (C=O) groups is 2. The summed E-state index contributed by atoms with van der Waals surface area (Å²) >= 11 is 0. The van der Waals surface area contributed by atoms with Gasteiger partial charge in [-0.05, 0) is 18.8 Å². The van der Waals surface area contributed by atoms with Gasteiger partial charge in [0.2, 0.25) is 11.8 Å². The molecule has 5 nitrogen and oxygen atoms in total. The Kier molecular flexibility index (Phi) is 8.04. The van der Waals surface area contributed by atoms with E-state index in [9.17, 15) is 9.59 Å². The van der Waals surface area contributed by atoms with E-state index in [4.69, 9.17) is 5.73 Å². The molecule has 2 fully saturated rings. The maximum atomic E-state index is 12.3. The van der Waals surface area contributed by atoms with Gasteiger partial charge in [0.1, 0.15) is 0 Å². The zero-order valence-corrected chi connectivity index (χ0v) is 13.6. The molecular weight excluding hydrogens is 290 g/mol. The molecule has 0 spiro atoms. The van der Waals surface area contributed by atoms with Gasteiger partial charge in [-0.25, -0.2) is 0 Å². The molecule has 1 aliphatic carbocycles. The van der Waals surface area contributed by atoms with Crippen LogP contribution >= 0.6 is 12.4 Å². The SMILES string of the molecule is Cl.NCCC(=O)N1CCN(C(=O)CC2CCCCC2)CC1. The second-order valence-electron chi connectivity index (χ2n) is 6.01. The van der Waals surface area contributed by atoms with E-state index in [0.29, 0.717) is 51.5 Å². The van der Waals surface area contributed by atoms with Crippen molar-refractivity contribution in [3.63, 3.8) is 0 Å². The van der Waals surface area contributed by atoms with Crippen LogP contribution in [0.25, 0.3) is 0 Å². The molecule has 1 saturated carbocycles. The lowest BCUT2D eigenvalue weighted by Gasteiger charge is -2.35. The van der Waals surface area contributed by atoms with Gasteiger partial charge in [-0.2, -0.15) is 0 Å². The van der Waals surface area contributed by atoms with Crippen molar-refractivity contribution >= 4 is 24.2 Å². The molecule has 0 aromatic heterocycles. The van der Waals surface area contributed by atoms with E-state index in [2.05, 4.69) is 0 Å². The fraction of sp³-hybridized carbons (Fsp3) is 0.867. The number of hydrogen-bond donors (Lipinski definition) is 1. The van der Waals surface area contributed by atoms with Crippen LogP contribution in [0.2, 0.25) is 0 Å². The average Bonchev–Trinajstić information content (AvgIpc) is 2.48. The molecule has 0 radical (unpaired) electrons. The molecule has 1 aliphatic heterocycles. The van der Waals surface area contributed by atoms with Crippen LogP contribution in [0.5, 0.6) is 0 Å². The lowest BCUT2D eigenvalue weighted by Crippen LogP contribution is -2.51. The van der Waals surface area contributed by atoms with Gasteiger partial charge >= 0.3 is 0 Å². The third-order valence-corrected chi connectivity index (χ3v) is 4.53. The van der Waals surface area contributed by atoms with Crippen molar-refractivity contribution < 1.29 is 9.59 Å². The van der Waals surface area contributed by atoms with Gasteiger partial charge in [0.25, 0.3) is 0 Å². The highest BCUT2D eigenvalue weighted by atomic mass is 35.5. The van der Waals surface area contributed by atoms with Crippen molar-refractivity contribution in [1.82, 2.24) is 9.80 Å². The van der Waals surface area contributed by atoms with Gasteiger partial charge in [0.05, 0.1) is 0 Å². The maximum absolute atomic E-state index is 12.3. The summed E-state index contributed by atoms with van der Waals surface area (Å²) in [7, 11) is 0. The standard InChI is InChI=1S/C15H27N3O2.ClH/c16-7-6-14(19)17-8-10-18(11-9-17)15(20)12-13-4-2-1-3-5-13;/h13H,1-12,16H2;1H. The Morgan fingerprint density at radius 3 is 1.95 bits per heavy atom. The number of carbonyl (C=O) groups excluding carboxylic acids is 2. The zero-order chi connectivity index (χ0) is 14.4. The van der Waals surface area contributed by atoms with Crippen molar-refractivity contribution in [1.29, 1.82) is 0 Å². The van der Waals surface area contributed by atoms with E-state index in [1.807, 2.05) is 9.80 Å². The van der Waals surface area contributed by atoms with Crippen molar-refractivity contribution in [2.45, 2.75) is 44.9 Å². The highest BCUT2D eigenvalue weighted by Gasteiger charge is 2.25. The number of amides is 2. The smallest absolute Gasteiger partial charge is 0.223 e. The quantitative estimate of drug-likeness (QED) is 0.852. The number of rotatable bonds is 4. The van der Waals surface area contributed by atoms with E-state index >= 15 is 0 Å². The minimum atomic E-state index is 0. The van der Waals surface area contributed by atoms with Crippen LogP contribution in [-0.2, 0) is 9.59 Å². The van der Waals surface area contributed by atoms with E-state index in [-0.39, 0.29) is 24.2 Å². The fourth-order valence-corrected chi connectivity index (χ4v) is 3.25. The molecule has 0 atom stereocenters. The summed E-state index contributed by atoms with van der Waals surface area (Å²) in [5.41, 5.74) is 5.40. The molecule has 0 aromatic carbocycles. The minimum absolute atomic E-state index is 0. The molecule has 2 N–H and O–H groups in total. The summed E-state index contributed by atoms with van der Waals surface area (Å²) in [6.45, 7) is 3.09. The van der Waals surface area contributed by atoms with E-state index in [0.717, 1.165) is 0 Å². The fourth-order valence-electron chi connectivity index (χ4n) is 3.25. The van der Waals surface area contributed by atoms with E-state index < -0.39 is 0 Å². The first-order valence-corrected chi connectivity index (χ1v) is 7.96. The first kappa shape index (κ1) is 18.2. The minimum Gasteiger partial charge on any atom is -0.339 e. The highest BCUT2D eigenvalue weighted by molar-refractivity contribution is 5.85. The first-order chi connectivity index (χ1) is 9.70. The van der Waals surface area contributed by atoms with Crippen molar-refractivity contribution in [3.8, 4) is 0 Å². The molecular formula is C15H28ClN3O2. The van der Waals surface area contributed by atoms with Crippen LogP contribution < -0.4 is 5.73 Å². The normalized spacial score (nSPS) is 20.0. The summed E-state index contributed by atoms with van der Waals surface area (Å²) in [6.07, 6.45) is 7.42. The molecule has 0 bridgehead atoms. The number of nitrogens with two attached hydrogens (primary N) is 1. The Bertz CT molecular complexity index is 338. The Labute approximate surface area is 133 Å². The van der Waals surface area contributed by atoms with Gasteiger partial charge in [-0.1, -0.05) is 19.3 Å². The van der Waals surface area contributed by atoms with E-state index in [1.165, 1.54) is 32.1 Å². The lowest BCUT2D eigenvalue weighted by atomic mass is 9.86. The molecule has 122 valence electrons. The molecule has 2 aliphatic rings. The highest BCUT2D eigenvalue weighted by Crippen LogP contribution is 2.27. The summed E-state index contributed by atoms with van der Waals surface area (Å²) in [6, 6.07) is 0. The Balaban J connectivity index is 0.00000220. The number of piperazine rings is 1. The van der Waals surface area contributed by atoms with E-state index in [1.54, 1.807) is 0 Å². The number of hydrogen-bond acceptors (Lipinski definition) is 3. The Morgan fingerprint density at radius 1 is 0.905 bits per heavy atom. The molecule has 1 heterocycles. The predicted octanol–water partition coefficient (Wildman–Crippen LogP) is 1.40. The second kappa shape index (κ2) is 9.26. The molecule has 2 amide bonds. The molecule has 1 saturated heterocycles. The van der Waals surface area contributed by atoms with Crippen molar-refractivity contribution in [2.24, 2.45) is 11.7 Å². The average molecular weight is 318 g/mol. The Hall–Kier alpha value is -0.810. The predicted molar refractivity (Wildman–Crippen MR) is 85.3 cm³/mol. The summed E-state index contributed by atoms with van der Waals surface area (Å²) in [5.74, 6) is 0.989. The van der Waals surface area contributed by atoms with Crippen LogP contribution in [0.4, 0.5) is 0 Å². The maximum Gasteiger partial charge on any atom is 0.223 e. The molecule has 21 heavy (non-hydrogen) atoms. The topological polar surface area (TPSA) is 66.6 Å². The van der Waals surface area contributed by atoms with Crippen LogP contribution in [0.15, 0.2) is 0 Å². The van der Waals surface area contributed by atoms with Gasteiger partial charge in [-0.3, -0.25) is 9.59 Å². The third-order valence-electron chi connectivity index (χ3n) is 4.53. The number of halogens is 1. The molecule has 0 aromatic rings. The monoisotopic (exact) mass is 317 g/mol. The van der Waals surface area contributed by atoms with Crippen molar-refractivity contribution in [2.75, 3.05) is 32.7 Å².